The van der Waals surface area contributed by atoms with Gasteiger partial charge >= 0.3 is 0 Å². The molecular formula is C21H19FN2O4S. The zero-order valence-electron chi connectivity index (χ0n) is 15.3. The number of nitrogens with one attached hydrogen (secondary N) is 2. The lowest BCUT2D eigenvalue weighted by molar-refractivity contribution is -0.118. The topological polar surface area (TPSA) is 84.5 Å². The van der Waals surface area contributed by atoms with Crippen LogP contribution < -0.4 is 14.8 Å². The average molecular weight is 414 g/mol. The minimum atomic E-state index is -3.67. The monoisotopic (exact) mass is 414 g/mol. The molecule has 0 radical (unpaired) electrons. The van der Waals surface area contributed by atoms with Crippen molar-refractivity contribution in [1.82, 2.24) is 4.72 Å². The molecule has 0 bridgehead atoms. The van der Waals surface area contributed by atoms with Crippen LogP contribution in [0.2, 0.25) is 0 Å². The van der Waals surface area contributed by atoms with Gasteiger partial charge in [-0.05, 0) is 48.0 Å². The summed E-state index contributed by atoms with van der Waals surface area (Å²) in [4.78, 5) is 12.0. The van der Waals surface area contributed by atoms with E-state index in [0.717, 1.165) is 5.56 Å². The molecular weight excluding hydrogens is 395 g/mol. The van der Waals surface area contributed by atoms with E-state index in [1.54, 1.807) is 6.07 Å². The first-order valence-electron chi connectivity index (χ1n) is 8.74. The Morgan fingerprint density at radius 1 is 0.931 bits per heavy atom. The summed E-state index contributed by atoms with van der Waals surface area (Å²) in [5, 5.41) is 2.51. The van der Waals surface area contributed by atoms with Crippen LogP contribution in [0, 0.1) is 5.82 Å². The lowest BCUT2D eigenvalue weighted by atomic mass is 10.2. The number of rotatable bonds is 8. The molecule has 1 amide bonds. The van der Waals surface area contributed by atoms with Crippen molar-refractivity contribution in [3.63, 3.8) is 0 Å². The summed E-state index contributed by atoms with van der Waals surface area (Å²) >= 11 is 0. The number of sulfonamides is 1. The molecule has 0 atom stereocenters. The maximum atomic E-state index is 13.1. The maximum absolute atomic E-state index is 13.1. The van der Waals surface area contributed by atoms with Crippen LogP contribution in [0.4, 0.5) is 10.1 Å². The Labute approximate surface area is 168 Å². The Kier molecular flexibility index (Phi) is 6.58. The molecule has 3 rings (SSSR count). The molecule has 8 heteroatoms. The van der Waals surface area contributed by atoms with Gasteiger partial charge in [-0.1, -0.05) is 36.4 Å². The Balaban J connectivity index is 1.53. The fraction of sp³-hybridized carbons (Fsp3) is 0.0952. The number of hydrogen-bond donors (Lipinski definition) is 2. The molecule has 29 heavy (non-hydrogen) atoms. The first-order valence-corrected chi connectivity index (χ1v) is 10.2. The van der Waals surface area contributed by atoms with Crippen LogP contribution in [0.15, 0.2) is 83.8 Å². The van der Waals surface area contributed by atoms with Gasteiger partial charge in [0, 0.05) is 12.2 Å². The van der Waals surface area contributed by atoms with Crippen molar-refractivity contribution in [2.45, 2.75) is 11.4 Å². The maximum Gasteiger partial charge on any atom is 0.262 e. The van der Waals surface area contributed by atoms with Crippen LogP contribution in [-0.2, 0) is 21.4 Å². The second kappa shape index (κ2) is 9.31. The second-order valence-electron chi connectivity index (χ2n) is 6.13. The highest BCUT2D eigenvalue weighted by molar-refractivity contribution is 7.89. The molecule has 150 valence electrons. The minimum absolute atomic E-state index is 0.0880. The lowest BCUT2D eigenvalue weighted by Gasteiger charge is -2.09. The lowest BCUT2D eigenvalue weighted by Crippen LogP contribution is -2.23. The molecule has 0 unspecified atom stereocenters. The third-order valence-electron chi connectivity index (χ3n) is 3.92. The zero-order valence-corrected chi connectivity index (χ0v) is 16.2. The fourth-order valence-electron chi connectivity index (χ4n) is 2.48. The molecule has 0 saturated heterocycles. The summed E-state index contributed by atoms with van der Waals surface area (Å²) in [7, 11) is -3.67. The highest BCUT2D eigenvalue weighted by Crippen LogP contribution is 2.16. The van der Waals surface area contributed by atoms with Gasteiger partial charge in [-0.15, -0.1) is 0 Å². The van der Waals surface area contributed by atoms with Crippen LogP contribution in [0.5, 0.6) is 5.75 Å². The third kappa shape index (κ3) is 6.13. The van der Waals surface area contributed by atoms with Crippen molar-refractivity contribution in [2.24, 2.45) is 0 Å². The van der Waals surface area contributed by atoms with Crippen LogP contribution >= 0.6 is 0 Å². The predicted octanol–water partition coefficient (Wildman–Crippen LogP) is 3.32. The second-order valence-corrected chi connectivity index (χ2v) is 7.90. The van der Waals surface area contributed by atoms with Crippen molar-refractivity contribution < 1.29 is 22.3 Å². The van der Waals surface area contributed by atoms with Gasteiger partial charge < -0.3 is 10.1 Å². The molecule has 0 aromatic heterocycles. The Bertz CT molecular complexity index is 1070. The highest BCUT2D eigenvalue weighted by atomic mass is 32.2. The molecule has 3 aromatic rings. The van der Waals surface area contributed by atoms with E-state index in [0.29, 0.717) is 11.4 Å². The van der Waals surface area contributed by atoms with Gasteiger partial charge in [0.1, 0.15) is 11.6 Å². The quantitative estimate of drug-likeness (QED) is 0.592. The van der Waals surface area contributed by atoms with Crippen molar-refractivity contribution in [3.8, 4) is 5.75 Å². The molecule has 0 fully saturated rings. The van der Waals surface area contributed by atoms with Gasteiger partial charge in [0.15, 0.2) is 6.61 Å². The average Bonchev–Trinajstić information content (AvgIpc) is 2.72. The van der Waals surface area contributed by atoms with Gasteiger partial charge in [0.2, 0.25) is 10.0 Å². The minimum Gasteiger partial charge on any atom is -0.484 e. The SMILES string of the molecule is O=C(COc1ccc(S(=O)(=O)NCc2ccccc2)cc1)Nc1cccc(F)c1. The van der Waals surface area contributed by atoms with E-state index in [2.05, 4.69) is 10.0 Å². The van der Waals surface area contributed by atoms with Gasteiger partial charge in [0.25, 0.3) is 5.91 Å². The molecule has 0 heterocycles. The Morgan fingerprint density at radius 2 is 1.66 bits per heavy atom. The first-order chi connectivity index (χ1) is 13.9. The van der Waals surface area contributed by atoms with Crippen molar-refractivity contribution in [3.05, 3.63) is 90.2 Å². The molecule has 6 nitrogen and oxygen atoms in total. The van der Waals surface area contributed by atoms with E-state index >= 15 is 0 Å². The first kappa shape index (κ1) is 20.5. The van der Waals surface area contributed by atoms with Crippen LogP contribution in [0.1, 0.15) is 5.56 Å². The van der Waals surface area contributed by atoms with E-state index in [-0.39, 0.29) is 18.0 Å². The van der Waals surface area contributed by atoms with E-state index in [1.165, 1.54) is 42.5 Å². The molecule has 0 aliphatic heterocycles. The number of carbonyl (C=O) groups excluding carboxylic acids is 1. The van der Waals surface area contributed by atoms with Crippen LogP contribution in [-0.4, -0.2) is 20.9 Å². The summed E-state index contributed by atoms with van der Waals surface area (Å²) in [6.07, 6.45) is 0. The fourth-order valence-corrected chi connectivity index (χ4v) is 3.50. The predicted molar refractivity (Wildman–Crippen MR) is 107 cm³/mol. The van der Waals surface area contributed by atoms with Gasteiger partial charge in [-0.3, -0.25) is 4.79 Å². The smallest absolute Gasteiger partial charge is 0.262 e. The number of benzene rings is 3. The van der Waals surface area contributed by atoms with Crippen molar-refractivity contribution >= 4 is 21.6 Å². The van der Waals surface area contributed by atoms with Gasteiger partial charge in [-0.2, -0.15) is 0 Å². The van der Waals surface area contributed by atoms with E-state index in [4.69, 9.17) is 4.74 Å². The Morgan fingerprint density at radius 3 is 2.34 bits per heavy atom. The normalized spacial score (nSPS) is 11.1. The number of halogens is 1. The molecule has 0 spiro atoms. The largest absolute Gasteiger partial charge is 0.484 e. The number of anilines is 1. The summed E-state index contributed by atoms with van der Waals surface area (Å²) in [5.41, 5.74) is 1.17. The number of carbonyl (C=O) groups is 1. The third-order valence-corrected chi connectivity index (χ3v) is 5.34. The molecule has 3 aromatic carbocycles. The Hall–Kier alpha value is -3.23. The van der Waals surface area contributed by atoms with E-state index in [9.17, 15) is 17.6 Å². The van der Waals surface area contributed by atoms with Crippen molar-refractivity contribution in [2.75, 3.05) is 11.9 Å². The number of ether oxygens (including phenoxy) is 1. The van der Waals surface area contributed by atoms with E-state index < -0.39 is 21.7 Å². The highest BCUT2D eigenvalue weighted by Gasteiger charge is 2.14. The van der Waals surface area contributed by atoms with E-state index in [1.807, 2.05) is 30.3 Å². The summed E-state index contributed by atoms with van der Waals surface area (Å²) < 4.78 is 45.7. The van der Waals surface area contributed by atoms with Crippen LogP contribution in [0.3, 0.4) is 0 Å². The molecule has 0 aliphatic carbocycles. The van der Waals surface area contributed by atoms with Crippen molar-refractivity contribution in [1.29, 1.82) is 0 Å². The standard InChI is InChI=1S/C21H19FN2O4S/c22-17-7-4-8-18(13-17)24-21(25)15-28-19-9-11-20(12-10-19)29(26,27)23-14-16-5-2-1-3-6-16/h1-13,23H,14-15H2,(H,24,25). The molecule has 2 N–H and O–H groups in total. The van der Waals surface area contributed by atoms with Crippen LogP contribution in [0.25, 0.3) is 0 Å². The molecule has 0 saturated carbocycles. The summed E-state index contributed by atoms with van der Waals surface area (Å²) in [5.74, 6) is -0.584. The van der Waals surface area contributed by atoms with Gasteiger partial charge in [0.05, 0.1) is 4.90 Å². The zero-order chi connectivity index (χ0) is 20.7. The van der Waals surface area contributed by atoms with Gasteiger partial charge in [-0.25, -0.2) is 17.5 Å². The summed E-state index contributed by atoms with van der Waals surface area (Å²) in [6, 6.07) is 20.4. The summed E-state index contributed by atoms with van der Waals surface area (Å²) in [6.45, 7) is -0.115. The molecule has 0 aliphatic rings. The number of hydrogen-bond acceptors (Lipinski definition) is 4. The number of amides is 1.